The first kappa shape index (κ1) is 16.7. The maximum absolute atomic E-state index is 12.4. The van der Waals surface area contributed by atoms with Crippen molar-refractivity contribution in [3.05, 3.63) is 0 Å². The SMILES string of the molecule is CC(=O)C1CC(C)C2C3CC4OC45CCC(O)CC5(C)C3CCC12C. The van der Waals surface area contributed by atoms with Gasteiger partial charge in [0.15, 0.2) is 0 Å². The van der Waals surface area contributed by atoms with Crippen molar-refractivity contribution >= 4 is 5.78 Å². The van der Waals surface area contributed by atoms with Crippen molar-refractivity contribution < 1.29 is 14.6 Å². The predicted octanol–water partition coefficient (Wildman–Crippen LogP) is 3.97. The molecule has 10 unspecified atom stereocenters. The summed E-state index contributed by atoms with van der Waals surface area (Å²) in [7, 11) is 0. The first-order chi connectivity index (χ1) is 11.7. The normalized spacial score (nSPS) is 62.4. The Kier molecular flexibility index (Phi) is 3.28. The Morgan fingerprint density at radius 3 is 2.64 bits per heavy atom. The third-order valence-corrected chi connectivity index (χ3v) is 9.84. The maximum Gasteiger partial charge on any atom is 0.133 e. The van der Waals surface area contributed by atoms with Gasteiger partial charge < -0.3 is 9.84 Å². The summed E-state index contributed by atoms with van der Waals surface area (Å²) in [4.78, 5) is 12.4. The first-order valence-corrected chi connectivity index (χ1v) is 10.6. The van der Waals surface area contributed by atoms with Crippen molar-refractivity contribution in [2.45, 2.75) is 90.4 Å². The van der Waals surface area contributed by atoms with Crippen LogP contribution in [0.2, 0.25) is 0 Å². The molecule has 10 atom stereocenters. The summed E-state index contributed by atoms with van der Waals surface area (Å²) in [6.07, 6.45) is 7.81. The van der Waals surface area contributed by atoms with Gasteiger partial charge in [-0.05, 0) is 81.0 Å². The van der Waals surface area contributed by atoms with Gasteiger partial charge in [0.25, 0.3) is 0 Å². The number of ether oxygens (including phenoxy) is 1. The second-order valence-electron chi connectivity index (χ2n) is 10.8. The molecule has 0 aromatic carbocycles. The van der Waals surface area contributed by atoms with Crippen LogP contribution in [0.5, 0.6) is 0 Å². The molecule has 5 aliphatic rings. The predicted molar refractivity (Wildman–Crippen MR) is 95.9 cm³/mol. The Labute approximate surface area is 151 Å². The summed E-state index contributed by atoms with van der Waals surface area (Å²) in [5.41, 5.74) is 0.390. The maximum atomic E-state index is 12.4. The van der Waals surface area contributed by atoms with Crippen LogP contribution in [0, 0.1) is 40.4 Å². The lowest BCUT2D eigenvalue weighted by molar-refractivity contribution is -0.136. The molecule has 25 heavy (non-hydrogen) atoms. The molecule has 1 aliphatic heterocycles. The number of epoxide rings is 1. The van der Waals surface area contributed by atoms with Gasteiger partial charge in [-0.15, -0.1) is 0 Å². The van der Waals surface area contributed by atoms with E-state index in [1.807, 2.05) is 6.92 Å². The van der Waals surface area contributed by atoms with Crippen molar-refractivity contribution in [2.75, 3.05) is 0 Å². The Morgan fingerprint density at radius 1 is 1.16 bits per heavy atom. The van der Waals surface area contributed by atoms with Crippen LogP contribution in [0.3, 0.4) is 0 Å². The van der Waals surface area contributed by atoms with Crippen LogP contribution >= 0.6 is 0 Å². The summed E-state index contributed by atoms with van der Waals surface area (Å²) < 4.78 is 6.43. The number of hydrogen-bond donors (Lipinski definition) is 1. The van der Waals surface area contributed by atoms with Crippen LogP contribution in [0.1, 0.15) is 72.6 Å². The number of aliphatic hydroxyl groups excluding tert-OH is 1. The topological polar surface area (TPSA) is 49.8 Å². The van der Waals surface area contributed by atoms with E-state index in [0.29, 0.717) is 35.6 Å². The Morgan fingerprint density at radius 2 is 1.92 bits per heavy atom. The minimum absolute atomic E-state index is 0.0724. The largest absolute Gasteiger partial charge is 0.393 e. The molecule has 0 radical (unpaired) electrons. The zero-order valence-corrected chi connectivity index (χ0v) is 16.3. The van der Waals surface area contributed by atoms with Gasteiger partial charge >= 0.3 is 0 Å². The molecule has 3 nitrogen and oxygen atoms in total. The number of Topliss-reactive ketones (excluding diaryl/α,β-unsaturated/α-hetero) is 1. The molecule has 3 heteroatoms. The highest BCUT2D eigenvalue weighted by Crippen LogP contribution is 2.74. The molecule has 140 valence electrons. The smallest absolute Gasteiger partial charge is 0.133 e. The van der Waals surface area contributed by atoms with Gasteiger partial charge in [0, 0.05) is 11.3 Å². The molecule has 4 saturated carbocycles. The number of rotatable bonds is 1. The number of carbonyl (C=O) groups is 1. The molecule has 4 aliphatic carbocycles. The molecule has 0 bridgehead atoms. The molecule has 0 amide bonds. The highest BCUT2D eigenvalue weighted by Gasteiger charge is 2.76. The van der Waals surface area contributed by atoms with Crippen molar-refractivity contribution in [1.29, 1.82) is 0 Å². The summed E-state index contributed by atoms with van der Waals surface area (Å²) >= 11 is 0. The van der Waals surface area contributed by atoms with E-state index in [4.69, 9.17) is 4.74 Å². The fraction of sp³-hybridized carbons (Fsp3) is 0.955. The van der Waals surface area contributed by atoms with E-state index in [-0.39, 0.29) is 28.5 Å². The van der Waals surface area contributed by atoms with E-state index in [1.165, 1.54) is 19.3 Å². The van der Waals surface area contributed by atoms with Crippen LogP contribution in [0.4, 0.5) is 0 Å². The summed E-state index contributed by atoms with van der Waals surface area (Å²) in [5.74, 6) is 3.28. The lowest BCUT2D eigenvalue weighted by Crippen LogP contribution is -2.59. The van der Waals surface area contributed by atoms with E-state index in [1.54, 1.807) is 0 Å². The molecule has 0 aromatic heterocycles. The molecule has 1 N–H and O–H groups in total. The number of hydrogen-bond acceptors (Lipinski definition) is 3. The van der Waals surface area contributed by atoms with E-state index in [0.717, 1.165) is 25.7 Å². The van der Waals surface area contributed by atoms with Gasteiger partial charge in [-0.25, -0.2) is 0 Å². The fourth-order valence-electron chi connectivity index (χ4n) is 8.91. The highest BCUT2D eigenvalue weighted by molar-refractivity contribution is 5.79. The van der Waals surface area contributed by atoms with Gasteiger partial charge in [0.05, 0.1) is 12.2 Å². The number of aliphatic hydroxyl groups is 1. The van der Waals surface area contributed by atoms with E-state index in [2.05, 4.69) is 20.8 Å². The third kappa shape index (κ3) is 1.87. The zero-order chi connectivity index (χ0) is 17.8. The average molecular weight is 347 g/mol. The lowest BCUT2D eigenvalue weighted by atomic mass is 9.44. The van der Waals surface area contributed by atoms with Crippen LogP contribution in [0.15, 0.2) is 0 Å². The summed E-state index contributed by atoms with van der Waals surface area (Å²) in [6.45, 7) is 9.04. The first-order valence-electron chi connectivity index (χ1n) is 10.6. The number of carbonyl (C=O) groups excluding carboxylic acids is 1. The zero-order valence-electron chi connectivity index (χ0n) is 16.3. The quantitative estimate of drug-likeness (QED) is 0.731. The van der Waals surface area contributed by atoms with Crippen LogP contribution in [-0.2, 0) is 9.53 Å². The van der Waals surface area contributed by atoms with Crippen LogP contribution in [-0.4, -0.2) is 28.7 Å². The van der Waals surface area contributed by atoms with Crippen LogP contribution < -0.4 is 0 Å². The lowest BCUT2D eigenvalue weighted by Gasteiger charge is -2.59. The minimum Gasteiger partial charge on any atom is -0.393 e. The van der Waals surface area contributed by atoms with E-state index < -0.39 is 0 Å². The standard InChI is InChI=1S/C22H34O3/c1-12-9-17(13(2)23)20(3)7-6-16-15(19(12)20)10-18-22(25-18)8-5-14(24)11-21(16,22)4/h12,14-19,24H,5-11H2,1-4H3. The molecule has 1 spiro atoms. The highest BCUT2D eigenvalue weighted by atomic mass is 16.6. The van der Waals surface area contributed by atoms with Crippen LogP contribution in [0.25, 0.3) is 0 Å². The molecule has 0 aromatic rings. The molecular formula is C22H34O3. The second-order valence-corrected chi connectivity index (χ2v) is 10.8. The molecule has 5 fully saturated rings. The molecule has 5 rings (SSSR count). The second kappa shape index (κ2) is 4.90. The summed E-state index contributed by atoms with van der Waals surface area (Å²) in [5, 5.41) is 10.4. The molecule has 1 saturated heterocycles. The van der Waals surface area contributed by atoms with E-state index >= 15 is 0 Å². The average Bonchev–Trinajstić information content (AvgIpc) is 3.16. The van der Waals surface area contributed by atoms with Crippen molar-refractivity contribution in [2.24, 2.45) is 40.4 Å². The third-order valence-electron chi connectivity index (χ3n) is 9.84. The van der Waals surface area contributed by atoms with Gasteiger partial charge in [0.2, 0.25) is 0 Å². The molecular weight excluding hydrogens is 312 g/mol. The van der Waals surface area contributed by atoms with Gasteiger partial charge in [-0.1, -0.05) is 20.8 Å². The van der Waals surface area contributed by atoms with Gasteiger partial charge in [-0.2, -0.15) is 0 Å². The Balaban J connectivity index is 1.53. The minimum atomic E-state index is -0.154. The van der Waals surface area contributed by atoms with Crippen molar-refractivity contribution in [3.63, 3.8) is 0 Å². The molecule has 1 heterocycles. The van der Waals surface area contributed by atoms with E-state index in [9.17, 15) is 9.90 Å². The van der Waals surface area contributed by atoms with Gasteiger partial charge in [0.1, 0.15) is 11.4 Å². The Hall–Kier alpha value is -0.410. The van der Waals surface area contributed by atoms with Crippen molar-refractivity contribution in [3.8, 4) is 0 Å². The fourth-order valence-corrected chi connectivity index (χ4v) is 8.91. The van der Waals surface area contributed by atoms with Gasteiger partial charge in [-0.3, -0.25) is 4.79 Å². The monoisotopic (exact) mass is 346 g/mol. The Bertz CT molecular complexity index is 616. The summed E-state index contributed by atoms with van der Waals surface area (Å²) in [6, 6.07) is 0. The number of fused-ring (bicyclic) bond motifs is 4. The number of ketones is 1. The van der Waals surface area contributed by atoms with Crippen molar-refractivity contribution in [1.82, 2.24) is 0 Å².